The van der Waals surface area contributed by atoms with Crippen LogP contribution in [0.2, 0.25) is 0 Å². The predicted molar refractivity (Wildman–Crippen MR) is 71.7 cm³/mol. The van der Waals surface area contributed by atoms with Crippen LogP contribution in [0, 0.1) is 0 Å². The maximum Gasteiger partial charge on any atom is 0.322 e. The van der Waals surface area contributed by atoms with Gasteiger partial charge >= 0.3 is 6.01 Å². The topological polar surface area (TPSA) is 80.0 Å². The fraction of sp³-hybridized carbons (Fsp3) is 0.769. The maximum absolute atomic E-state index is 11.7. The second-order valence-electron chi connectivity index (χ2n) is 4.95. The smallest absolute Gasteiger partial charge is 0.322 e. The Morgan fingerprint density at radius 1 is 1.42 bits per heavy atom. The quantitative estimate of drug-likeness (QED) is 0.741. The zero-order valence-electron chi connectivity index (χ0n) is 11.4. The molecule has 0 aliphatic carbocycles. The largest absolute Gasteiger partial charge is 0.406 e. The first-order valence-electron chi connectivity index (χ1n) is 7.16. The summed E-state index contributed by atoms with van der Waals surface area (Å²) in [5.41, 5.74) is 0. The van der Waals surface area contributed by atoms with Gasteiger partial charge in [0, 0.05) is 6.42 Å². The molecule has 0 bridgehead atoms. The third-order valence-corrected chi connectivity index (χ3v) is 3.30. The zero-order valence-corrected chi connectivity index (χ0v) is 11.4. The number of anilines is 1. The molecule has 6 heteroatoms. The summed E-state index contributed by atoms with van der Waals surface area (Å²) in [5, 5.41) is 13.8. The van der Waals surface area contributed by atoms with Gasteiger partial charge in [0.1, 0.15) is 0 Å². The molecule has 1 aliphatic heterocycles. The van der Waals surface area contributed by atoms with Crippen LogP contribution < -0.4 is 10.6 Å². The van der Waals surface area contributed by atoms with Crippen LogP contribution >= 0.6 is 0 Å². The molecule has 1 aliphatic rings. The van der Waals surface area contributed by atoms with Gasteiger partial charge in [-0.25, -0.2) is 0 Å². The molecule has 1 aromatic heterocycles. The van der Waals surface area contributed by atoms with Gasteiger partial charge in [0.25, 0.3) is 0 Å². The lowest BCUT2D eigenvalue weighted by Gasteiger charge is -2.03. The molecular formula is C13H22N4O2. The van der Waals surface area contributed by atoms with Crippen LogP contribution in [0.3, 0.4) is 0 Å². The molecule has 2 N–H and O–H groups in total. The van der Waals surface area contributed by atoms with Gasteiger partial charge in [0.05, 0.1) is 6.04 Å². The van der Waals surface area contributed by atoms with Crippen molar-refractivity contribution >= 4 is 11.9 Å². The van der Waals surface area contributed by atoms with E-state index in [9.17, 15) is 4.79 Å². The van der Waals surface area contributed by atoms with E-state index in [0.717, 1.165) is 32.2 Å². The Balaban J connectivity index is 1.74. The first-order chi connectivity index (χ1) is 9.29. The molecule has 1 amide bonds. The Bertz CT molecular complexity index is 399. The monoisotopic (exact) mass is 266 g/mol. The molecular weight excluding hydrogens is 244 g/mol. The van der Waals surface area contributed by atoms with E-state index in [1.807, 2.05) is 0 Å². The number of nitrogens with zero attached hydrogens (tertiary/aromatic N) is 2. The van der Waals surface area contributed by atoms with Crippen molar-refractivity contribution in [2.24, 2.45) is 0 Å². The van der Waals surface area contributed by atoms with Crippen molar-refractivity contribution in [2.45, 2.75) is 57.9 Å². The average molecular weight is 266 g/mol. The highest BCUT2D eigenvalue weighted by Crippen LogP contribution is 2.22. The third-order valence-electron chi connectivity index (χ3n) is 3.30. The normalized spacial score (nSPS) is 18.7. The van der Waals surface area contributed by atoms with E-state index >= 15 is 0 Å². The van der Waals surface area contributed by atoms with E-state index in [1.54, 1.807) is 0 Å². The minimum Gasteiger partial charge on any atom is -0.406 e. The Labute approximate surface area is 113 Å². The number of carbonyl (C=O) groups is 1. The predicted octanol–water partition coefficient (Wildman–Crippen LogP) is 2.40. The Kier molecular flexibility index (Phi) is 5.32. The van der Waals surface area contributed by atoms with Crippen molar-refractivity contribution in [2.75, 3.05) is 11.9 Å². The van der Waals surface area contributed by atoms with Crippen LogP contribution in [0.4, 0.5) is 6.01 Å². The molecule has 6 nitrogen and oxygen atoms in total. The van der Waals surface area contributed by atoms with Crippen molar-refractivity contribution in [3.63, 3.8) is 0 Å². The van der Waals surface area contributed by atoms with Crippen LogP contribution in [0.1, 0.15) is 63.8 Å². The summed E-state index contributed by atoms with van der Waals surface area (Å²) in [6, 6.07) is 0.354. The molecule has 1 fully saturated rings. The molecule has 0 aromatic carbocycles. The highest BCUT2D eigenvalue weighted by atomic mass is 16.4. The van der Waals surface area contributed by atoms with Gasteiger partial charge in [-0.1, -0.05) is 31.3 Å². The molecule has 0 saturated carbocycles. The number of rotatable bonds is 7. The number of hydrogen-bond acceptors (Lipinski definition) is 5. The lowest BCUT2D eigenvalue weighted by molar-refractivity contribution is -0.116. The Hall–Kier alpha value is -1.43. The summed E-state index contributed by atoms with van der Waals surface area (Å²) < 4.78 is 5.45. The van der Waals surface area contributed by atoms with Crippen LogP contribution in [0.15, 0.2) is 4.42 Å². The van der Waals surface area contributed by atoms with Crippen molar-refractivity contribution in [3.8, 4) is 0 Å². The number of unbranched alkanes of at least 4 members (excludes halogenated alkanes) is 3. The molecule has 0 radical (unpaired) electrons. The molecule has 2 rings (SSSR count). The van der Waals surface area contributed by atoms with Crippen LogP contribution in [-0.2, 0) is 4.79 Å². The molecule has 1 saturated heterocycles. The van der Waals surface area contributed by atoms with Crippen molar-refractivity contribution in [1.29, 1.82) is 0 Å². The molecule has 0 spiro atoms. The molecule has 19 heavy (non-hydrogen) atoms. The van der Waals surface area contributed by atoms with E-state index in [4.69, 9.17) is 4.42 Å². The standard InChI is InChI=1S/C13H22N4O2/c1-2-3-4-5-8-11(18)15-13-17-16-12(19-13)10-7-6-9-14-10/h10,14H,2-9H2,1H3,(H,15,17,18). The van der Waals surface area contributed by atoms with Gasteiger partial charge in [0.2, 0.25) is 11.8 Å². The Morgan fingerprint density at radius 3 is 3.05 bits per heavy atom. The second kappa shape index (κ2) is 7.23. The van der Waals surface area contributed by atoms with E-state index in [1.165, 1.54) is 12.8 Å². The van der Waals surface area contributed by atoms with E-state index < -0.39 is 0 Å². The van der Waals surface area contributed by atoms with E-state index in [0.29, 0.717) is 12.3 Å². The van der Waals surface area contributed by atoms with Gasteiger partial charge in [0.15, 0.2) is 0 Å². The zero-order chi connectivity index (χ0) is 13.5. The molecule has 2 heterocycles. The van der Waals surface area contributed by atoms with Gasteiger partial charge in [-0.2, -0.15) is 0 Å². The van der Waals surface area contributed by atoms with E-state index in [2.05, 4.69) is 27.8 Å². The van der Waals surface area contributed by atoms with E-state index in [-0.39, 0.29) is 18.0 Å². The molecule has 1 aromatic rings. The van der Waals surface area contributed by atoms with Crippen molar-refractivity contribution in [1.82, 2.24) is 15.5 Å². The van der Waals surface area contributed by atoms with Crippen LogP contribution in [-0.4, -0.2) is 22.6 Å². The highest BCUT2D eigenvalue weighted by molar-refractivity contribution is 5.88. The first-order valence-corrected chi connectivity index (χ1v) is 7.16. The SMILES string of the molecule is CCCCCCC(=O)Nc1nnc(C2CCCN2)o1. The second-order valence-corrected chi connectivity index (χ2v) is 4.95. The summed E-state index contributed by atoms with van der Waals surface area (Å²) >= 11 is 0. The first kappa shape index (κ1) is 14.0. The number of aromatic nitrogens is 2. The molecule has 106 valence electrons. The summed E-state index contributed by atoms with van der Waals surface area (Å²) in [7, 11) is 0. The fourth-order valence-corrected chi connectivity index (χ4v) is 2.22. The number of carbonyl (C=O) groups excluding carboxylic acids is 1. The summed E-state index contributed by atoms with van der Waals surface area (Å²) in [6.45, 7) is 3.13. The summed E-state index contributed by atoms with van der Waals surface area (Å²) in [5.74, 6) is 0.518. The molecule has 1 atom stereocenters. The lowest BCUT2D eigenvalue weighted by Crippen LogP contribution is -2.13. The van der Waals surface area contributed by atoms with Gasteiger partial charge < -0.3 is 9.73 Å². The van der Waals surface area contributed by atoms with Crippen LogP contribution in [0.25, 0.3) is 0 Å². The minimum atomic E-state index is -0.0503. The number of amides is 1. The highest BCUT2D eigenvalue weighted by Gasteiger charge is 2.22. The maximum atomic E-state index is 11.7. The number of nitrogens with one attached hydrogen (secondary N) is 2. The summed E-state index contributed by atoms with van der Waals surface area (Å²) in [6.07, 6.45) is 6.97. The van der Waals surface area contributed by atoms with Crippen molar-refractivity contribution in [3.05, 3.63) is 5.89 Å². The minimum absolute atomic E-state index is 0.0503. The van der Waals surface area contributed by atoms with Crippen molar-refractivity contribution < 1.29 is 9.21 Å². The fourth-order valence-electron chi connectivity index (χ4n) is 2.22. The summed E-state index contributed by atoms with van der Waals surface area (Å²) in [4.78, 5) is 11.7. The molecule has 1 unspecified atom stereocenters. The third kappa shape index (κ3) is 4.31. The number of hydrogen-bond donors (Lipinski definition) is 2. The van der Waals surface area contributed by atoms with Gasteiger partial charge in [-0.15, -0.1) is 5.10 Å². The lowest BCUT2D eigenvalue weighted by atomic mass is 10.1. The van der Waals surface area contributed by atoms with Gasteiger partial charge in [-0.05, 0) is 25.8 Å². The van der Waals surface area contributed by atoms with Gasteiger partial charge in [-0.3, -0.25) is 10.1 Å². The Morgan fingerprint density at radius 2 is 2.32 bits per heavy atom. The van der Waals surface area contributed by atoms with Crippen LogP contribution in [0.5, 0.6) is 0 Å². The average Bonchev–Trinajstić information content (AvgIpc) is 3.04.